The zero-order valence-electron chi connectivity index (χ0n) is 61.3. The van der Waals surface area contributed by atoms with Gasteiger partial charge in [-0.1, -0.05) is 218 Å². The van der Waals surface area contributed by atoms with Gasteiger partial charge in [0.2, 0.25) is 0 Å². The lowest BCUT2D eigenvalue weighted by Gasteiger charge is -2.18. The van der Waals surface area contributed by atoms with Crippen LogP contribution in [-0.2, 0) is 0 Å². The Morgan fingerprint density at radius 1 is 0.343 bits per heavy atom. The van der Waals surface area contributed by atoms with Gasteiger partial charge in [0.25, 0.3) is 0 Å². The molecule has 0 aliphatic carbocycles. The number of rotatable bonds is 7. The number of nitrogens with zero attached hydrogens (tertiary/aromatic N) is 2. The molecule has 0 unspecified atom stereocenters. The van der Waals surface area contributed by atoms with Crippen molar-refractivity contribution in [1.29, 1.82) is 0 Å². The van der Waals surface area contributed by atoms with Crippen LogP contribution in [0.2, 0.25) is 0 Å². The minimum absolute atomic E-state index is 0.105. The van der Waals surface area contributed by atoms with Gasteiger partial charge in [0, 0.05) is 49.0 Å². The highest BCUT2D eigenvalue weighted by Gasteiger charge is 2.27. The maximum absolute atomic E-state index is 10.5. The number of pyridine rings is 2. The Hall–Kier alpha value is -8.50. The summed E-state index contributed by atoms with van der Waals surface area (Å²) >= 11 is 0.339. The summed E-state index contributed by atoms with van der Waals surface area (Å²) < 4.78 is 252. The van der Waals surface area contributed by atoms with Gasteiger partial charge < -0.3 is 0 Å². The van der Waals surface area contributed by atoms with Crippen molar-refractivity contribution in [2.24, 2.45) is 0 Å². The summed E-state index contributed by atoms with van der Waals surface area (Å²) in [5.41, 5.74) is -3.87. The minimum atomic E-state index is -1.04. The minimum Gasteiger partial charge on any atom is -0.254 e. The van der Waals surface area contributed by atoms with Gasteiger partial charge in [-0.05, 0) is 89.4 Å². The Kier molecular flexibility index (Phi) is 4.91. The maximum atomic E-state index is 10.5. The van der Waals surface area contributed by atoms with Crippen LogP contribution in [0.5, 0.6) is 0 Å². The van der Waals surface area contributed by atoms with Gasteiger partial charge in [0.15, 0.2) is 0 Å². The first kappa shape index (κ1) is 20.3. The normalized spacial score (nSPS) is 17.2. The van der Waals surface area contributed by atoms with Crippen LogP contribution < -0.4 is 0 Å². The molecule has 0 saturated carbocycles. The van der Waals surface area contributed by atoms with Crippen molar-refractivity contribution in [2.75, 3.05) is 0 Å². The van der Waals surface area contributed by atoms with E-state index in [9.17, 15) is 21.9 Å². The van der Waals surface area contributed by atoms with Gasteiger partial charge in [-0.15, -0.1) is 11.3 Å². The van der Waals surface area contributed by atoms with E-state index < -0.39 is 239 Å². The van der Waals surface area contributed by atoms with E-state index >= 15 is 0 Å². The Balaban J connectivity index is 1.28. The van der Waals surface area contributed by atoms with Gasteiger partial charge >= 0.3 is 0 Å². The summed E-state index contributed by atoms with van der Waals surface area (Å²) in [6.45, 7) is 0. The molecule has 67 heavy (non-hydrogen) atoms. The smallest absolute Gasteiger partial charge is 0.0972 e. The summed E-state index contributed by atoms with van der Waals surface area (Å²) in [6, 6.07) is -4.72. The topological polar surface area (TPSA) is 25.8 Å². The summed E-state index contributed by atoms with van der Waals surface area (Å²) in [5.74, 6) is 0. The lowest BCUT2D eigenvalue weighted by molar-refractivity contribution is 1.37. The summed E-state index contributed by atoms with van der Waals surface area (Å²) in [6.07, 6.45) is 1.65. The molecule has 0 spiro atoms. The highest BCUT2D eigenvalue weighted by Crippen LogP contribution is 2.56. The summed E-state index contributed by atoms with van der Waals surface area (Å²) in [4.78, 5) is 8.48. The van der Waals surface area contributed by atoms with Crippen LogP contribution in [0.4, 0.5) is 0 Å². The lowest BCUT2D eigenvalue weighted by atomic mass is 9.85. The number of fused-ring (bicyclic) bond motifs is 6. The molecule has 3 heteroatoms. The molecule has 13 rings (SSSR count). The first-order valence-corrected chi connectivity index (χ1v) is 21.4. The van der Waals surface area contributed by atoms with Crippen molar-refractivity contribution in [3.05, 3.63) is 242 Å². The van der Waals surface area contributed by atoms with Crippen LogP contribution in [-0.4, -0.2) is 9.97 Å². The molecular weight excluding hydrogens is 829 g/mol. The number of aromatic nitrogens is 2. The molecule has 0 aliphatic rings. The third kappa shape index (κ3) is 6.55. The molecule has 2 nitrogen and oxygen atoms in total. The van der Waals surface area contributed by atoms with E-state index in [1.54, 1.807) is 54.7 Å². The van der Waals surface area contributed by atoms with E-state index in [2.05, 4.69) is 4.98 Å². The molecule has 3 aromatic heterocycles. The Bertz CT molecular complexity index is 5500. The average Bonchev–Trinajstić information content (AvgIpc) is 1.15. The number of benzene rings is 10. The van der Waals surface area contributed by atoms with Crippen molar-refractivity contribution in [1.82, 2.24) is 9.97 Å². The number of hydrogen-bond donors (Lipinski definition) is 0. The Morgan fingerprint density at radius 3 is 1.52 bits per heavy atom. The zero-order valence-corrected chi connectivity index (χ0v) is 35.1. The fourth-order valence-corrected chi connectivity index (χ4v) is 10.0. The van der Waals surface area contributed by atoms with Crippen LogP contribution in [0.15, 0.2) is 242 Å². The van der Waals surface area contributed by atoms with E-state index in [1.807, 2.05) is 24.3 Å². The predicted octanol–water partition coefficient (Wildman–Crippen LogP) is 18.0. The van der Waals surface area contributed by atoms with Crippen LogP contribution in [0, 0.1) is 0 Å². The van der Waals surface area contributed by atoms with Crippen LogP contribution >= 0.6 is 11.3 Å². The molecule has 0 atom stereocenters. The highest BCUT2D eigenvalue weighted by molar-refractivity contribution is 7.20. The van der Waals surface area contributed by atoms with Crippen molar-refractivity contribution >= 4 is 65.5 Å². The Morgan fingerprint density at radius 2 is 0.851 bits per heavy atom. The number of thiophene rings is 1. The second kappa shape index (κ2) is 16.2. The summed E-state index contributed by atoms with van der Waals surface area (Å²) in [7, 11) is 0. The van der Waals surface area contributed by atoms with Crippen molar-refractivity contribution in [3.8, 4) is 76.6 Å². The van der Waals surface area contributed by atoms with Crippen molar-refractivity contribution < 1.29 is 37.0 Å². The molecule has 10 aromatic carbocycles. The highest BCUT2D eigenvalue weighted by atomic mass is 32.1. The molecule has 0 aliphatic heterocycles. The third-order valence-electron chi connectivity index (χ3n) is 11.5. The fourth-order valence-electron chi connectivity index (χ4n) is 8.69. The van der Waals surface area contributed by atoms with E-state index in [0.717, 1.165) is 10.8 Å². The largest absolute Gasteiger partial charge is 0.254 e. The van der Waals surface area contributed by atoms with Gasteiger partial charge in [0.1, 0.15) is 0 Å². The van der Waals surface area contributed by atoms with Crippen LogP contribution in [0.25, 0.3) is 131 Å². The molecule has 0 amide bonds. The molecular formula is C64H40N2S. The van der Waals surface area contributed by atoms with Crippen molar-refractivity contribution in [3.63, 3.8) is 0 Å². The SMILES string of the molecule is [2H]c1c([2H])c([2H])c(-c2sc(-c3c4c([2H])c([2H])c([2H])c([2H])c4c(-c4c([2H])c([2H])c([2H])c([2H])c4[2H])c4c([2H])c([2H])c([2H])c([2H])c34)c(-c3c([2H])c([2H])c([2H])c([2H])c3[2H])c2-c2c([2H])c([2H])c([2H])c(-c3ccc(-c4ccc5ccc6cccnc6c5n4)c4ccccc34)c2[2H])c([2H])c1[2H]. The Labute approximate surface area is 430 Å². The molecule has 0 fully saturated rings. The fraction of sp³-hybridized carbons (Fsp3) is 0. The first-order chi connectivity index (χ1) is 44.5. The van der Waals surface area contributed by atoms with Gasteiger partial charge in [-0.3, -0.25) is 4.98 Å². The second-order valence-corrected chi connectivity index (χ2v) is 16.1. The average molecular weight is 896 g/mol. The maximum Gasteiger partial charge on any atom is 0.0972 e. The predicted molar refractivity (Wildman–Crippen MR) is 285 cm³/mol. The van der Waals surface area contributed by atoms with E-state index in [4.69, 9.17) is 20.1 Å². The molecule has 0 saturated heterocycles. The monoisotopic (exact) mass is 895 g/mol. The zero-order chi connectivity index (χ0) is 67.8. The quantitative estimate of drug-likeness (QED) is 0.118. The molecule has 0 radical (unpaired) electrons. The lowest BCUT2D eigenvalue weighted by Crippen LogP contribution is -1.92. The molecule has 312 valence electrons. The van der Waals surface area contributed by atoms with E-state index in [1.165, 1.54) is 0 Å². The number of hydrogen-bond acceptors (Lipinski definition) is 3. The van der Waals surface area contributed by atoms with E-state index in [-0.39, 0.29) is 11.1 Å². The van der Waals surface area contributed by atoms with Crippen LogP contribution in [0.3, 0.4) is 0 Å². The summed E-state index contributed by atoms with van der Waals surface area (Å²) in [5, 5.41) is -0.444. The van der Waals surface area contributed by atoms with Gasteiger partial charge in [-0.25, -0.2) is 4.98 Å². The molecule has 3 heterocycles. The molecule has 13 aromatic rings. The third-order valence-corrected chi connectivity index (χ3v) is 12.7. The van der Waals surface area contributed by atoms with Gasteiger partial charge in [0.05, 0.1) is 53.7 Å². The molecule has 0 bridgehead atoms. The standard InChI is InChI=1S/C64H40N2S/c1-4-18-41(19-5-1)57-52-29-12-14-31-54(52)60(55-32-15-13-30-53(55)57)64-58(42-20-6-2-7-21-42)59(63(67-64)45-22-8-3-9-23-45)47-25-16-24-46(40-47)48-36-37-51(50-28-11-10-27-49(48)50)56-38-35-44-34-33-43-26-17-39-65-61(43)62(44)66-56/h1-40H/i1D,2D,3D,4D,5D,6D,7D,8D,9D,12D,13D,14D,15D,16D,18D,19D,20D,21D,22D,23D,24D,25D,29D,30D,31D,32D,40D. The second-order valence-electron chi connectivity index (χ2n) is 15.1. The van der Waals surface area contributed by atoms with E-state index in [0.29, 0.717) is 44.4 Å². The van der Waals surface area contributed by atoms with Crippen LogP contribution in [0.1, 0.15) is 37.0 Å². The molecule has 0 N–H and O–H groups in total. The first-order valence-electron chi connectivity index (χ1n) is 34.1. The van der Waals surface area contributed by atoms with Crippen molar-refractivity contribution in [2.45, 2.75) is 0 Å². The van der Waals surface area contributed by atoms with Gasteiger partial charge in [-0.2, -0.15) is 0 Å².